The molecule has 0 radical (unpaired) electrons. The van der Waals surface area contributed by atoms with Crippen LogP contribution in [0, 0.1) is 0 Å². The molecule has 4 aromatic carbocycles. The summed E-state index contributed by atoms with van der Waals surface area (Å²) >= 11 is 0. The first-order chi connectivity index (χ1) is 23.1. The Bertz CT molecular complexity index is 2710. The number of fused-ring (bicyclic) bond motifs is 7. The van der Waals surface area contributed by atoms with E-state index in [1.54, 1.807) is 39.8 Å². The standard InChI is InChI=1S/C40H37N3O6/c1-18(2)25-14-26(19(3)4)16-27(15-25)23-9-10-24-17-28(12-11-22(24)13-23)43-39(48)33-31-29(35(44)41(20(5)6)37(31)46)30-32(34(33)40(43)49)38(47)42(21(7)8)36(30)45/h9-21H,1-8H3. The van der Waals surface area contributed by atoms with Gasteiger partial charge in [0.1, 0.15) is 0 Å². The van der Waals surface area contributed by atoms with Crippen LogP contribution in [0.15, 0.2) is 83.4 Å². The van der Waals surface area contributed by atoms with Gasteiger partial charge in [0.25, 0.3) is 33.4 Å². The van der Waals surface area contributed by atoms with Crippen LogP contribution in [0.5, 0.6) is 0 Å². The van der Waals surface area contributed by atoms with Crippen molar-refractivity contribution < 1.29 is 0 Å². The van der Waals surface area contributed by atoms with Crippen LogP contribution in [-0.4, -0.2) is 13.7 Å². The summed E-state index contributed by atoms with van der Waals surface area (Å²) in [6, 6.07) is 16.7. The molecule has 0 amide bonds. The smallest absolute Gasteiger partial charge is 0.267 e. The molecule has 9 nitrogen and oxygen atoms in total. The summed E-state index contributed by atoms with van der Waals surface area (Å²) in [4.78, 5) is 83.4. The molecule has 0 spiro atoms. The Balaban J connectivity index is 1.52. The molecule has 0 aliphatic carbocycles. The molecule has 9 heteroatoms. The summed E-state index contributed by atoms with van der Waals surface area (Å²) in [5, 5.41) is -0.129. The van der Waals surface area contributed by atoms with E-state index in [1.807, 2.05) is 18.2 Å². The van der Waals surface area contributed by atoms with Crippen LogP contribution in [0.25, 0.3) is 59.9 Å². The van der Waals surface area contributed by atoms with Crippen LogP contribution >= 0.6 is 0 Å². The fourth-order valence-corrected chi connectivity index (χ4v) is 7.25. The molecule has 7 rings (SSSR count). The first-order valence-corrected chi connectivity index (χ1v) is 16.7. The van der Waals surface area contributed by atoms with Crippen molar-refractivity contribution in [2.24, 2.45) is 0 Å². The Labute approximate surface area is 280 Å². The third-order valence-corrected chi connectivity index (χ3v) is 9.82. The average molecular weight is 656 g/mol. The SMILES string of the molecule is CC(C)c1cc(-c2ccc3cc(-n4c(=O)c5c(c4=O)c4c(=O)n(C(C)C)c(=O)c4c4c(=O)n(C(C)C)c(=O)c54)ccc3c2)cc(C(C)C)c1. The molecule has 0 unspecified atom stereocenters. The summed E-state index contributed by atoms with van der Waals surface area (Å²) in [6.45, 7) is 15.3. The highest BCUT2D eigenvalue weighted by molar-refractivity contribution is 6.25. The number of hydrogen-bond acceptors (Lipinski definition) is 6. The van der Waals surface area contributed by atoms with Gasteiger partial charge in [-0.25, -0.2) is 4.57 Å². The quantitative estimate of drug-likeness (QED) is 0.209. The lowest BCUT2D eigenvalue weighted by molar-refractivity contribution is 0.572. The number of hydrogen-bond donors (Lipinski definition) is 0. The molecule has 0 N–H and O–H groups in total. The van der Waals surface area contributed by atoms with E-state index in [-0.39, 0.29) is 38.0 Å². The Morgan fingerprint density at radius 1 is 0.408 bits per heavy atom. The van der Waals surface area contributed by atoms with Crippen LogP contribution in [0.4, 0.5) is 0 Å². The number of benzene rings is 4. The van der Waals surface area contributed by atoms with Crippen molar-refractivity contribution in [3.05, 3.63) is 128 Å². The highest BCUT2D eigenvalue weighted by Gasteiger charge is 2.32. The molecule has 3 aromatic heterocycles. The number of aromatic nitrogens is 3. The third-order valence-electron chi connectivity index (χ3n) is 9.82. The minimum atomic E-state index is -0.822. The van der Waals surface area contributed by atoms with Gasteiger partial charge in [-0.3, -0.25) is 37.9 Å². The molecule has 0 saturated heterocycles. The van der Waals surface area contributed by atoms with Crippen molar-refractivity contribution in [3.8, 4) is 16.8 Å². The van der Waals surface area contributed by atoms with Gasteiger partial charge < -0.3 is 0 Å². The van der Waals surface area contributed by atoms with E-state index in [0.29, 0.717) is 11.8 Å². The lowest BCUT2D eigenvalue weighted by Crippen LogP contribution is -2.28. The number of nitrogens with zero attached hydrogens (tertiary/aromatic N) is 3. The van der Waals surface area contributed by atoms with Crippen LogP contribution in [0.1, 0.15) is 90.4 Å². The van der Waals surface area contributed by atoms with E-state index in [9.17, 15) is 28.8 Å². The van der Waals surface area contributed by atoms with Crippen molar-refractivity contribution in [2.75, 3.05) is 0 Å². The van der Waals surface area contributed by atoms with E-state index in [0.717, 1.165) is 35.6 Å². The molecule has 0 bridgehead atoms. The van der Waals surface area contributed by atoms with Gasteiger partial charge in [0.05, 0.1) is 38.0 Å². The Hall–Kier alpha value is -5.44. The molecule has 0 aliphatic rings. The Morgan fingerprint density at radius 2 is 0.796 bits per heavy atom. The first-order valence-electron chi connectivity index (χ1n) is 16.7. The molecule has 0 fully saturated rings. The maximum Gasteiger partial charge on any atom is 0.267 e. The summed E-state index contributed by atoms with van der Waals surface area (Å²) in [6.07, 6.45) is 0. The minimum Gasteiger partial charge on any atom is -0.272 e. The van der Waals surface area contributed by atoms with Gasteiger partial charge in [0, 0.05) is 12.1 Å². The van der Waals surface area contributed by atoms with Gasteiger partial charge >= 0.3 is 0 Å². The maximum absolute atomic E-state index is 14.3. The van der Waals surface area contributed by atoms with Crippen molar-refractivity contribution in [2.45, 2.75) is 79.3 Å². The maximum atomic E-state index is 14.3. The fourth-order valence-electron chi connectivity index (χ4n) is 7.25. The minimum absolute atomic E-state index is 0.243. The van der Waals surface area contributed by atoms with Gasteiger partial charge in [-0.05, 0) is 90.8 Å². The largest absolute Gasteiger partial charge is 0.272 e. The predicted molar refractivity (Wildman–Crippen MR) is 197 cm³/mol. The molecular weight excluding hydrogens is 618 g/mol. The molecule has 3 heterocycles. The zero-order valence-electron chi connectivity index (χ0n) is 28.8. The van der Waals surface area contributed by atoms with Crippen molar-refractivity contribution >= 4 is 43.1 Å². The number of rotatable bonds is 6. The van der Waals surface area contributed by atoms with E-state index in [4.69, 9.17) is 0 Å². The van der Waals surface area contributed by atoms with Crippen molar-refractivity contribution in [1.82, 2.24) is 13.7 Å². The Morgan fingerprint density at radius 3 is 1.20 bits per heavy atom. The van der Waals surface area contributed by atoms with Crippen LogP contribution < -0.4 is 33.4 Å². The van der Waals surface area contributed by atoms with E-state index >= 15 is 0 Å². The molecular formula is C40H37N3O6. The summed E-state index contributed by atoms with van der Waals surface area (Å²) < 4.78 is 2.87. The first kappa shape index (κ1) is 32.1. The molecule has 49 heavy (non-hydrogen) atoms. The normalized spacial score (nSPS) is 12.5. The highest BCUT2D eigenvalue weighted by Crippen LogP contribution is 2.32. The van der Waals surface area contributed by atoms with Gasteiger partial charge in [-0.2, -0.15) is 0 Å². The van der Waals surface area contributed by atoms with Gasteiger partial charge in [-0.1, -0.05) is 64.1 Å². The summed E-state index contributed by atoms with van der Waals surface area (Å²) in [7, 11) is 0. The summed E-state index contributed by atoms with van der Waals surface area (Å²) in [5.74, 6) is 0.734. The summed E-state index contributed by atoms with van der Waals surface area (Å²) in [5.41, 5.74) is 0.187. The zero-order valence-corrected chi connectivity index (χ0v) is 28.8. The topological polar surface area (TPSA) is 117 Å². The highest BCUT2D eigenvalue weighted by atomic mass is 16.2. The van der Waals surface area contributed by atoms with Crippen molar-refractivity contribution in [1.29, 1.82) is 0 Å². The van der Waals surface area contributed by atoms with E-state index < -0.39 is 45.4 Å². The van der Waals surface area contributed by atoms with Crippen LogP contribution in [-0.2, 0) is 0 Å². The van der Waals surface area contributed by atoms with Crippen LogP contribution in [0.3, 0.4) is 0 Å². The second-order valence-corrected chi connectivity index (χ2v) is 14.3. The predicted octanol–water partition coefficient (Wildman–Crippen LogP) is 6.24. The van der Waals surface area contributed by atoms with E-state index in [2.05, 4.69) is 52.0 Å². The van der Waals surface area contributed by atoms with Gasteiger partial charge in [-0.15, -0.1) is 0 Å². The lowest BCUT2D eigenvalue weighted by Gasteiger charge is -2.15. The average Bonchev–Trinajstić information content (AvgIpc) is 3.58. The Kier molecular flexibility index (Phi) is 7.24. The monoisotopic (exact) mass is 655 g/mol. The second kappa shape index (κ2) is 11.1. The van der Waals surface area contributed by atoms with E-state index in [1.165, 1.54) is 11.1 Å². The fraction of sp³-hybridized carbons (Fsp3) is 0.300. The second-order valence-electron chi connectivity index (χ2n) is 14.3. The molecule has 248 valence electrons. The molecule has 0 saturated carbocycles. The molecule has 0 atom stereocenters. The third kappa shape index (κ3) is 4.51. The lowest BCUT2D eigenvalue weighted by atomic mass is 9.90. The molecule has 0 aliphatic heterocycles. The van der Waals surface area contributed by atoms with Gasteiger partial charge in [0.15, 0.2) is 0 Å². The van der Waals surface area contributed by atoms with Crippen LogP contribution in [0.2, 0.25) is 0 Å². The zero-order chi connectivity index (χ0) is 35.4. The van der Waals surface area contributed by atoms with Gasteiger partial charge in [0.2, 0.25) is 0 Å². The van der Waals surface area contributed by atoms with Crippen molar-refractivity contribution in [3.63, 3.8) is 0 Å². The molecule has 7 aromatic rings.